The Hall–Kier alpha value is -2.49. The summed E-state index contributed by atoms with van der Waals surface area (Å²) in [6.45, 7) is 8.30. The highest BCUT2D eigenvalue weighted by molar-refractivity contribution is 5.85. The molecule has 2 aliphatic rings. The number of aromatic nitrogens is 2. The van der Waals surface area contributed by atoms with Gasteiger partial charge in [0.25, 0.3) is 0 Å². The molecule has 2 fully saturated rings. The molecule has 1 aliphatic carbocycles. The Morgan fingerprint density at radius 1 is 1.18 bits per heavy atom. The third-order valence-electron chi connectivity index (χ3n) is 6.36. The molecule has 0 spiro atoms. The zero-order chi connectivity index (χ0) is 23.8. The van der Waals surface area contributed by atoms with Crippen LogP contribution in [0.15, 0.2) is 24.4 Å². The minimum absolute atomic E-state index is 0.0187. The summed E-state index contributed by atoms with van der Waals surface area (Å²) in [4.78, 5) is 24.3. The Morgan fingerprint density at radius 2 is 1.91 bits per heavy atom. The molecule has 0 bridgehead atoms. The summed E-state index contributed by atoms with van der Waals surface area (Å²) >= 11 is 0. The molecule has 1 aliphatic heterocycles. The summed E-state index contributed by atoms with van der Waals surface area (Å²) in [6.07, 6.45) is 4.60. The van der Waals surface area contributed by atoms with E-state index in [1.165, 1.54) is 0 Å². The highest BCUT2D eigenvalue weighted by Gasteiger charge is 2.28. The topological polar surface area (TPSA) is 95.0 Å². The molecule has 2 aromatic heterocycles. The molecule has 0 radical (unpaired) electrons. The van der Waals surface area contributed by atoms with Crippen LogP contribution in [0.1, 0.15) is 39.5 Å². The number of morpholine rings is 1. The molecule has 186 valence electrons. The fraction of sp³-hybridized carbons (Fsp3) is 0.640. The molecule has 34 heavy (non-hydrogen) atoms. The summed E-state index contributed by atoms with van der Waals surface area (Å²) in [5, 5.41) is 3.90. The average Bonchev–Trinajstić information content (AvgIpc) is 2.88. The van der Waals surface area contributed by atoms with Crippen LogP contribution in [0.5, 0.6) is 5.88 Å². The maximum Gasteiger partial charge on any atom is 0.225 e. The molecule has 4 rings (SSSR count). The number of rotatable bonds is 10. The zero-order valence-electron chi connectivity index (χ0n) is 20.2. The van der Waals surface area contributed by atoms with E-state index < -0.39 is 6.29 Å². The van der Waals surface area contributed by atoms with Crippen LogP contribution in [0.25, 0.3) is 10.9 Å². The molecule has 9 nitrogen and oxygen atoms in total. The van der Waals surface area contributed by atoms with Crippen molar-refractivity contribution in [2.24, 2.45) is 5.92 Å². The van der Waals surface area contributed by atoms with Gasteiger partial charge in [0.2, 0.25) is 11.8 Å². The van der Waals surface area contributed by atoms with Crippen LogP contribution < -0.4 is 15.0 Å². The monoisotopic (exact) mass is 472 g/mol. The van der Waals surface area contributed by atoms with E-state index in [4.69, 9.17) is 23.9 Å². The van der Waals surface area contributed by atoms with Gasteiger partial charge in [0, 0.05) is 44.5 Å². The molecule has 1 N–H and O–H groups in total. The predicted octanol–water partition coefficient (Wildman–Crippen LogP) is 2.92. The summed E-state index contributed by atoms with van der Waals surface area (Å²) in [6, 6.07) is 5.93. The van der Waals surface area contributed by atoms with E-state index in [2.05, 4.69) is 15.2 Å². The smallest absolute Gasteiger partial charge is 0.225 e. The van der Waals surface area contributed by atoms with Crippen molar-refractivity contribution in [3.05, 3.63) is 24.4 Å². The second-order valence-electron chi connectivity index (χ2n) is 8.63. The van der Waals surface area contributed by atoms with E-state index >= 15 is 0 Å². The standard InChI is InChI=1S/C25H36N4O5/c1-3-32-23(33-4-2)17-27-24(30)18-7-9-19(10-8-18)34-25-20-6-5-11-26-21(20)16-22(28-25)29-12-14-31-15-13-29/h5-6,11,16,18-19,23H,3-4,7-10,12-15,17H2,1-2H3,(H,27,30). The lowest BCUT2D eigenvalue weighted by Crippen LogP contribution is -2.40. The largest absolute Gasteiger partial charge is 0.474 e. The van der Waals surface area contributed by atoms with Gasteiger partial charge in [0.05, 0.1) is 30.7 Å². The van der Waals surface area contributed by atoms with Gasteiger partial charge in [-0.2, -0.15) is 4.98 Å². The second-order valence-corrected chi connectivity index (χ2v) is 8.63. The zero-order valence-corrected chi connectivity index (χ0v) is 20.2. The van der Waals surface area contributed by atoms with E-state index in [0.29, 0.717) is 38.9 Å². The van der Waals surface area contributed by atoms with Crippen LogP contribution in [0.2, 0.25) is 0 Å². The number of fused-ring (bicyclic) bond motifs is 1. The number of hydrogen-bond acceptors (Lipinski definition) is 8. The number of anilines is 1. The maximum absolute atomic E-state index is 12.7. The summed E-state index contributed by atoms with van der Waals surface area (Å²) in [5.74, 6) is 1.53. The van der Waals surface area contributed by atoms with Crippen molar-refractivity contribution < 1.29 is 23.7 Å². The van der Waals surface area contributed by atoms with Crippen LogP contribution in [-0.4, -0.2) is 74.3 Å². The normalized spacial score (nSPS) is 21.1. The maximum atomic E-state index is 12.7. The number of hydrogen-bond donors (Lipinski definition) is 1. The van der Waals surface area contributed by atoms with Gasteiger partial charge < -0.3 is 29.2 Å². The minimum atomic E-state index is -0.398. The Bertz CT molecular complexity index is 923. The van der Waals surface area contributed by atoms with Crippen LogP contribution in [0.4, 0.5) is 5.82 Å². The number of carbonyl (C=O) groups is 1. The van der Waals surface area contributed by atoms with Crippen molar-refractivity contribution in [3.8, 4) is 5.88 Å². The number of ether oxygens (including phenoxy) is 4. The Labute approximate surface area is 201 Å². The van der Waals surface area contributed by atoms with Gasteiger partial charge in [-0.1, -0.05) is 0 Å². The molecular formula is C25H36N4O5. The number of pyridine rings is 2. The van der Waals surface area contributed by atoms with Gasteiger partial charge in [-0.05, 0) is 51.7 Å². The van der Waals surface area contributed by atoms with E-state index in [-0.39, 0.29) is 17.9 Å². The average molecular weight is 473 g/mol. The highest BCUT2D eigenvalue weighted by Crippen LogP contribution is 2.32. The highest BCUT2D eigenvalue weighted by atomic mass is 16.7. The SMILES string of the molecule is CCOC(CNC(=O)C1CCC(Oc2nc(N3CCOCC3)cc3ncccc23)CC1)OCC. The van der Waals surface area contributed by atoms with Crippen molar-refractivity contribution in [2.75, 3.05) is 51.0 Å². The van der Waals surface area contributed by atoms with E-state index in [1.54, 1.807) is 6.20 Å². The molecule has 1 amide bonds. The minimum Gasteiger partial charge on any atom is -0.474 e. The Balaban J connectivity index is 1.35. The molecular weight excluding hydrogens is 436 g/mol. The molecule has 1 saturated carbocycles. The molecule has 0 unspecified atom stereocenters. The van der Waals surface area contributed by atoms with Crippen LogP contribution in [0, 0.1) is 5.92 Å². The number of amides is 1. The van der Waals surface area contributed by atoms with E-state index in [0.717, 1.165) is 55.5 Å². The first-order valence-corrected chi connectivity index (χ1v) is 12.4. The van der Waals surface area contributed by atoms with Gasteiger partial charge >= 0.3 is 0 Å². The van der Waals surface area contributed by atoms with Crippen molar-refractivity contribution in [2.45, 2.75) is 51.9 Å². The van der Waals surface area contributed by atoms with Crippen molar-refractivity contribution >= 4 is 22.6 Å². The number of nitrogens with one attached hydrogen (secondary N) is 1. The van der Waals surface area contributed by atoms with Gasteiger partial charge in [0.1, 0.15) is 11.9 Å². The van der Waals surface area contributed by atoms with Gasteiger partial charge in [-0.25, -0.2) is 0 Å². The lowest BCUT2D eigenvalue weighted by atomic mass is 9.86. The van der Waals surface area contributed by atoms with Crippen LogP contribution >= 0.6 is 0 Å². The fourth-order valence-corrected chi connectivity index (χ4v) is 4.54. The lowest BCUT2D eigenvalue weighted by molar-refractivity contribution is -0.142. The summed E-state index contributed by atoms with van der Waals surface area (Å²) in [7, 11) is 0. The molecule has 0 aromatic carbocycles. The lowest BCUT2D eigenvalue weighted by Gasteiger charge is -2.30. The third-order valence-corrected chi connectivity index (χ3v) is 6.36. The van der Waals surface area contributed by atoms with Crippen LogP contribution in [0.3, 0.4) is 0 Å². The van der Waals surface area contributed by atoms with Crippen molar-refractivity contribution in [1.29, 1.82) is 0 Å². The second kappa shape index (κ2) is 12.3. The Kier molecular flexibility index (Phi) is 8.90. The van der Waals surface area contributed by atoms with Gasteiger partial charge in [-0.3, -0.25) is 9.78 Å². The molecule has 9 heteroatoms. The first kappa shape index (κ1) is 24.6. The molecule has 3 heterocycles. The first-order chi connectivity index (χ1) is 16.7. The first-order valence-electron chi connectivity index (χ1n) is 12.4. The van der Waals surface area contributed by atoms with Crippen LogP contribution in [-0.2, 0) is 19.0 Å². The number of nitrogens with zero attached hydrogens (tertiary/aromatic N) is 3. The van der Waals surface area contributed by atoms with E-state index in [9.17, 15) is 4.79 Å². The van der Waals surface area contributed by atoms with E-state index in [1.807, 2.05) is 32.0 Å². The molecule has 0 atom stereocenters. The summed E-state index contributed by atoms with van der Waals surface area (Å²) in [5.41, 5.74) is 0.875. The molecule has 2 aromatic rings. The third kappa shape index (κ3) is 6.34. The summed E-state index contributed by atoms with van der Waals surface area (Å²) < 4.78 is 22.9. The van der Waals surface area contributed by atoms with Crippen molar-refractivity contribution in [3.63, 3.8) is 0 Å². The fourth-order valence-electron chi connectivity index (χ4n) is 4.54. The molecule has 1 saturated heterocycles. The predicted molar refractivity (Wildman–Crippen MR) is 129 cm³/mol. The number of carbonyl (C=O) groups excluding carboxylic acids is 1. The van der Waals surface area contributed by atoms with Gasteiger partial charge in [-0.15, -0.1) is 0 Å². The quantitative estimate of drug-likeness (QED) is 0.528. The Morgan fingerprint density at radius 3 is 2.62 bits per heavy atom. The van der Waals surface area contributed by atoms with Crippen molar-refractivity contribution in [1.82, 2.24) is 15.3 Å². The van der Waals surface area contributed by atoms with Gasteiger partial charge in [0.15, 0.2) is 6.29 Å².